The van der Waals surface area contributed by atoms with Crippen LogP contribution < -0.4 is 0 Å². The quantitative estimate of drug-likeness (QED) is 0.455. The lowest BCUT2D eigenvalue weighted by Gasteiger charge is -2.41. The highest BCUT2D eigenvalue weighted by atomic mass is 28.4. The lowest BCUT2D eigenvalue weighted by atomic mass is 9.92. The van der Waals surface area contributed by atoms with Crippen molar-refractivity contribution in [2.75, 3.05) is 13.2 Å². The molecule has 176 valence electrons. The van der Waals surface area contributed by atoms with E-state index in [-0.39, 0.29) is 42.4 Å². The summed E-state index contributed by atoms with van der Waals surface area (Å²) in [4.78, 5) is 12.3. The molecule has 3 rings (SSSR count). The molecule has 1 aliphatic carbocycles. The Morgan fingerprint density at radius 2 is 2.06 bits per heavy atom. The minimum atomic E-state index is -2.83. The summed E-state index contributed by atoms with van der Waals surface area (Å²) in [6, 6.07) is 0. The second-order valence-electron chi connectivity index (χ2n) is 10.2. The van der Waals surface area contributed by atoms with E-state index in [0.29, 0.717) is 24.4 Å². The summed E-state index contributed by atoms with van der Waals surface area (Å²) in [5.41, 5.74) is 1.03. The number of halogens is 2. The first-order chi connectivity index (χ1) is 14.3. The summed E-state index contributed by atoms with van der Waals surface area (Å²) >= 11 is 0. The number of hydrogen-bond donors (Lipinski definition) is 0. The summed E-state index contributed by atoms with van der Waals surface area (Å²) in [7, 11) is -1.90. The third-order valence-electron chi connectivity index (χ3n) is 6.76. The van der Waals surface area contributed by atoms with Crippen molar-refractivity contribution in [3.8, 4) is 0 Å². The number of hydrogen-bond acceptors (Lipinski definition) is 5. The van der Waals surface area contributed by atoms with E-state index in [4.69, 9.17) is 13.9 Å². The van der Waals surface area contributed by atoms with Crippen molar-refractivity contribution in [2.45, 2.75) is 103 Å². The first kappa shape index (κ1) is 24.3. The van der Waals surface area contributed by atoms with Gasteiger partial charge in [-0.15, -0.1) is 0 Å². The van der Waals surface area contributed by atoms with Gasteiger partial charge in [-0.1, -0.05) is 20.8 Å². The van der Waals surface area contributed by atoms with E-state index in [1.807, 2.05) is 0 Å². The molecule has 9 heteroatoms. The molecule has 0 N–H and O–H groups in total. The second kappa shape index (κ2) is 8.90. The molecule has 1 aromatic heterocycles. The van der Waals surface area contributed by atoms with Gasteiger partial charge in [0.2, 0.25) is 0 Å². The number of rotatable bonds is 6. The maximum atomic E-state index is 14.1. The second-order valence-corrected chi connectivity index (χ2v) is 15.0. The van der Waals surface area contributed by atoms with Gasteiger partial charge in [-0.25, -0.2) is 13.6 Å². The van der Waals surface area contributed by atoms with Crippen LogP contribution in [-0.4, -0.2) is 55.4 Å². The van der Waals surface area contributed by atoms with Crippen LogP contribution in [0.1, 0.15) is 68.7 Å². The number of nitrogens with zero attached hydrogens (tertiary/aromatic N) is 2. The zero-order valence-electron chi connectivity index (χ0n) is 19.6. The normalized spacial score (nSPS) is 24.0. The molecule has 6 nitrogen and oxygen atoms in total. The average molecular weight is 459 g/mol. The molecule has 0 aromatic carbocycles. The summed E-state index contributed by atoms with van der Waals surface area (Å²) in [6.45, 7) is 14.0. The Balaban J connectivity index is 1.77. The standard InChI is InChI=1S/C22H36F2N2O4Si/c1-7-28-20(27)19-17-13-22(23,24)10-8-18(17)26(25-19)14-16-12-15(9-11-29-16)30-31(5,6)21(2,3)4/h15-16H,7-14H2,1-6H3/t15?,16-/m0/s1. The number of alkyl halides is 2. The fourth-order valence-corrected chi connectivity index (χ4v) is 5.43. The van der Waals surface area contributed by atoms with Gasteiger partial charge < -0.3 is 13.9 Å². The van der Waals surface area contributed by atoms with Crippen LogP contribution in [0.4, 0.5) is 8.78 Å². The summed E-state index contributed by atoms with van der Waals surface area (Å²) in [5.74, 6) is -3.47. The van der Waals surface area contributed by atoms with Crippen LogP contribution in [0, 0.1) is 0 Å². The molecule has 1 unspecified atom stereocenters. The monoisotopic (exact) mass is 458 g/mol. The summed E-state index contributed by atoms with van der Waals surface area (Å²) < 4.78 is 47.4. The highest BCUT2D eigenvalue weighted by Gasteiger charge is 2.42. The molecule has 0 spiro atoms. The summed E-state index contributed by atoms with van der Waals surface area (Å²) in [5, 5.41) is 4.53. The SMILES string of the molecule is CCOC(=O)c1nn(C[C@@H]2CC(O[Si](C)(C)C(C)(C)C)CCO2)c2c1CC(F)(F)CC2. The van der Waals surface area contributed by atoms with Crippen molar-refractivity contribution in [3.63, 3.8) is 0 Å². The van der Waals surface area contributed by atoms with Gasteiger partial charge in [0.25, 0.3) is 5.92 Å². The zero-order valence-corrected chi connectivity index (χ0v) is 20.6. The Labute approximate surface area is 184 Å². The van der Waals surface area contributed by atoms with Crippen LogP contribution in [0.2, 0.25) is 18.1 Å². The van der Waals surface area contributed by atoms with Crippen molar-refractivity contribution >= 4 is 14.3 Å². The Kier molecular flexibility index (Phi) is 6.98. The first-order valence-corrected chi connectivity index (χ1v) is 14.2. The van der Waals surface area contributed by atoms with E-state index in [0.717, 1.165) is 12.8 Å². The topological polar surface area (TPSA) is 62.6 Å². The Hall–Kier alpha value is -1.32. The van der Waals surface area contributed by atoms with Gasteiger partial charge in [0.15, 0.2) is 14.0 Å². The molecule has 2 atom stereocenters. The Morgan fingerprint density at radius 1 is 1.35 bits per heavy atom. The number of carbonyl (C=O) groups is 1. The van der Waals surface area contributed by atoms with Crippen LogP contribution in [0.25, 0.3) is 0 Å². The molecule has 1 aliphatic heterocycles. The third-order valence-corrected chi connectivity index (χ3v) is 11.3. The maximum absolute atomic E-state index is 14.1. The number of fused-ring (bicyclic) bond motifs is 1. The average Bonchev–Trinajstić information content (AvgIpc) is 2.97. The fourth-order valence-electron chi connectivity index (χ4n) is 4.03. The molecule has 1 saturated heterocycles. The van der Waals surface area contributed by atoms with E-state index >= 15 is 0 Å². The van der Waals surface area contributed by atoms with Gasteiger partial charge >= 0.3 is 5.97 Å². The zero-order chi connectivity index (χ0) is 23.0. The highest BCUT2D eigenvalue weighted by Crippen LogP contribution is 2.39. The van der Waals surface area contributed by atoms with E-state index in [9.17, 15) is 13.6 Å². The first-order valence-electron chi connectivity index (χ1n) is 11.3. The largest absolute Gasteiger partial charge is 0.461 e. The number of aromatic nitrogens is 2. The molecule has 0 amide bonds. The number of ether oxygens (including phenoxy) is 2. The van der Waals surface area contributed by atoms with E-state index in [2.05, 4.69) is 39.0 Å². The van der Waals surface area contributed by atoms with Crippen molar-refractivity contribution in [1.29, 1.82) is 0 Å². The molecular weight excluding hydrogens is 422 g/mol. The van der Waals surface area contributed by atoms with E-state index < -0.39 is 26.6 Å². The van der Waals surface area contributed by atoms with Crippen LogP contribution >= 0.6 is 0 Å². The van der Waals surface area contributed by atoms with Crippen molar-refractivity contribution in [3.05, 3.63) is 17.0 Å². The van der Waals surface area contributed by atoms with Gasteiger partial charge in [-0.05, 0) is 37.9 Å². The number of esters is 1. The minimum absolute atomic E-state index is 0.0149. The van der Waals surface area contributed by atoms with Crippen LogP contribution in [-0.2, 0) is 33.3 Å². The van der Waals surface area contributed by atoms with Crippen LogP contribution in [0.15, 0.2) is 0 Å². The predicted molar refractivity (Wildman–Crippen MR) is 116 cm³/mol. The Bertz CT molecular complexity index is 804. The van der Waals surface area contributed by atoms with E-state index in [1.165, 1.54) is 0 Å². The van der Waals surface area contributed by atoms with Crippen molar-refractivity contribution in [1.82, 2.24) is 9.78 Å². The van der Waals surface area contributed by atoms with Gasteiger partial charge in [0, 0.05) is 43.2 Å². The lowest BCUT2D eigenvalue weighted by molar-refractivity contribution is -0.0476. The molecule has 2 aliphatic rings. The molecule has 31 heavy (non-hydrogen) atoms. The van der Waals surface area contributed by atoms with Gasteiger partial charge in [-0.3, -0.25) is 4.68 Å². The maximum Gasteiger partial charge on any atom is 0.359 e. The fraction of sp³-hybridized carbons (Fsp3) is 0.818. The number of carbonyl (C=O) groups excluding carboxylic acids is 1. The molecule has 0 saturated carbocycles. The summed E-state index contributed by atoms with van der Waals surface area (Å²) in [6.07, 6.45) is 1.03. The minimum Gasteiger partial charge on any atom is -0.461 e. The van der Waals surface area contributed by atoms with Gasteiger partial charge in [0.05, 0.1) is 19.3 Å². The Morgan fingerprint density at radius 3 is 2.71 bits per heavy atom. The van der Waals surface area contributed by atoms with Crippen molar-refractivity contribution < 1.29 is 27.5 Å². The predicted octanol–water partition coefficient (Wildman–Crippen LogP) is 4.75. The highest BCUT2D eigenvalue weighted by molar-refractivity contribution is 6.74. The van der Waals surface area contributed by atoms with Gasteiger partial charge in [0.1, 0.15) is 0 Å². The van der Waals surface area contributed by atoms with Crippen LogP contribution in [0.5, 0.6) is 0 Å². The van der Waals surface area contributed by atoms with Gasteiger partial charge in [-0.2, -0.15) is 5.10 Å². The third kappa shape index (κ3) is 5.54. The molecule has 0 bridgehead atoms. The van der Waals surface area contributed by atoms with Crippen molar-refractivity contribution in [2.24, 2.45) is 0 Å². The lowest BCUT2D eigenvalue weighted by Crippen LogP contribution is -2.46. The van der Waals surface area contributed by atoms with Crippen LogP contribution in [0.3, 0.4) is 0 Å². The molecule has 1 aromatic rings. The molecule has 0 radical (unpaired) electrons. The molecule has 1 fully saturated rings. The molecular formula is C22H36F2N2O4Si. The smallest absolute Gasteiger partial charge is 0.359 e. The van der Waals surface area contributed by atoms with E-state index in [1.54, 1.807) is 11.6 Å². The molecule has 2 heterocycles.